The van der Waals surface area contributed by atoms with E-state index in [4.69, 9.17) is 0 Å². The third kappa shape index (κ3) is 5.80. The quantitative estimate of drug-likeness (QED) is 0.824. The van der Waals surface area contributed by atoms with Crippen LogP contribution in [0.5, 0.6) is 0 Å². The SMILES string of the molecule is CS(=O)(=O)Nc1cccc(C(=O)N2CCN(CCc3ccccc3)CC2)c1. The number of rotatable bonds is 6. The van der Waals surface area contributed by atoms with Crippen LogP contribution >= 0.6 is 0 Å². The van der Waals surface area contributed by atoms with Crippen molar-refractivity contribution < 1.29 is 13.2 Å². The Morgan fingerprint density at radius 2 is 1.70 bits per heavy atom. The van der Waals surface area contributed by atoms with Gasteiger partial charge in [0.25, 0.3) is 5.91 Å². The van der Waals surface area contributed by atoms with Gasteiger partial charge in [-0.25, -0.2) is 8.42 Å². The van der Waals surface area contributed by atoms with Crippen molar-refractivity contribution in [2.24, 2.45) is 0 Å². The molecule has 6 nitrogen and oxygen atoms in total. The molecule has 3 rings (SSSR count). The van der Waals surface area contributed by atoms with Gasteiger partial charge in [-0.2, -0.15) is 0 Å². The zero-order valence-electron chi connectivity index (χ0n) is 15.5. The molecule has 1 aliphatic heterocycles. The van der Waals surface area contributed by atoms with Crippen molar-refractivity contribution in [1.82, 2.24) is 9.80 Å². The topological polar surface area (TPSA) is 69.7 Å². The number of anilines is 1. The molecule has 0 unspecified atom stereocenters. The number of hydrogen-bond acceptors (Lipinski definition) is 4. The van der Waals surface area contributed by atoms with Crippen LogP contribution in [0.4, 0.5) is 5.69 Å². The van der Waals surface area contributed by atoms with E-state index in [2.05, 4.69) is 33.9 Å². The lowest BCUT2D eigenvalue weighted by Crippen LogP contribution is -2.49. The van der Waals surface area contributed by atoms with Crippen molar-refractivity contribution in [3.05, 3.63) is 65.7 Å². The van der Waals surface area contributed by atoms with E-state index in [0.717, 1.165) is 32.3 Å². The molecular formula is C20H25N3O3S. The summed E-state index contributed by atoms with van der Waals surface area (Å²) in [6.45, 7) is 4.04. The zero-order valence-corrected chi connectivity index (χ0v) is 16.3. The fourth-order valence-corrected chi connectivity index (χ4v) is 3.77. The van der Waals surface area contributed by atoms with Crippen LogP contribution in [0.1, 0.15) is 15.9 Å². The average molecular weight is 388 g/mol. The van der Waals surface area contributed by atoms with E-state index >= 15 is 0 Å². The van der Waals surface area contributed by atoms with E-state index in [1.807, 2.05) is 11.0 Å². The lowest BCUT2D eigenvalue weighted by atomic mass is 10.1. The Kier molecular flexibility index (Phi) is 6.13. The highest BCUT2D eigenvalue weighted by Gasteiger charge is 2.22. The molecule has 0 spiro atoms. The second kappa shape index (κ2) is 8.54. The second-order valence-corrected chi connectivity index (χ2v) is 8.57. The maximum Gasteiger partial charge on any atom is 0.254 e. The van der Waals surface area contributed by atoms with Crippen LogP contribution in [0.2, 0.25) is 0 Å². The summed E-state index contributed by atoms with van der Waals surface area (Å²) in [5.41, 5.74) is 2.23. The number of carbonyl (C=O) groups is 1. The van der Waals surface area contributed by atoms with E-state index in [1.165, 1.54) is 5.56 Å². The van der Waals surface area contributed by atoms with E-state index in [-0.39, 0.29) is 5.91 Å². The smallest absolute Gasteiger partial charge is 0.254 e. The van der Waals surface area contributed by atoms with Crippen LogP contribution in [-0.4, -0.2) is 63.1 Å². The van der Waals surface area contributed by atoms with Crippen LogP contribution in [0.3, 0.4) is 0 Å². The Bertz CT molecular complexity index is 876. The molecule has 1 heterocycles. The van der Waals surface area contributed by atoms with Crippen LogP contribution in [-0.2, 0) is 16.4 Å². The summed E-state index contributed by atoms with van der Waals surface area (Å²) in [5.74, 6) is -0.0603. The summed E-state index contributed by atoms with van der Waals surface area (Å²) in [6.07, 6.45) is 2.10. The molecule has 2 aromatic carbocycles. The van der Waals surface area contributed by atoms with Crippen molar-refractivity contribution >= 4 is 21.6 Å². The third-order valence-corrected chi connectivity index (χ3v) is 5.24. The minimum Gasteiger partial charge on any atom is -0.336 e. The Hall–Kier alpha value is -2.38. The minimum absolute atomic E-state index is 0.0603. The number of amides is 1. The predicted molar refractivity (Wildman–Crippen MR) is 107 cm³/mol. The Morgan fingerprint density at radius 1 is 1.00 bits per heavy atom. The van der Waals surface area contributed by atoms with Gasteiger partial charge in [-0.3, -0.25) is 14.4 Å². The summed E-state index contributed by atoms with van der Waals surface area (Å²) >= 11 is 0. The minimum atomic E-state index is -3.36. The second-order valence-electron chi connectivity index (χ2n) is 6.82. The van der Waals surface area contributed by atoms with Gasteiger partial charge in [-0.15, -0.1) is 0 Å². The van der Waals surface area contributed by atoms with Crippen molar-refractivity contribution in [1.29, 1.82) is 0 Å². The molecule has 1 aliphatic rings. The summed E-state index contributed by atoms with van der Waals surface area (Å²) in [7, 11) is -3.36. The fraction of sp³-hybridized carbons (Fsp3) is 0.350. The van der Waals surface area contributed by atoms with Crippen molar-refractivity contribution in [2.45, 2.75) is 6.42 Å². The van der Waals surface area contributed by atoms with Gasteiger partial charge < -0.3 is 4.90 Å². The van der Waals surface area contributed by atoms with Crippen LogP contribution < -0.4 is 4.72 Å². The Balaban J connectivity index is 1.53. The molecule has 1 amide bonds. The number of nitrogens with zero attached hydrogens (tertiary/aromatic N) is 2. The molecule has 0 bridgehead atoms. The van der Waals surface area contributed by atoms with Gasteiger partial charge in [0, 0.05) is 44.0 Å². The molecule has 0 aromatic heterocycles. The number of benzene rings is 2. The monoisotopic (exact) mass is 387 g/mol. The summed E-state index contributed by atoms with van der Waals surface area (Å²) < 4.78 is 25.2. The number of nitrogens with one attached hydrogen (secondary N) is 1. The Morgan fingerprint density at radius 3 is 2.37 bits per heavy atom. The highest BCUT2D eigenvalue weighted by molar-refractivity contribution is 7.92. The molecule has 0 radical (unpaired) electrons. The van der Waals surface area contributed by atoms with Gasteiger partial charge in [0.15, 0.2) is 0 Å². The van der Waals surface area contributed by atoms with E-state index < -0.39 is 10.0 Å². The lowest BCUT2D eigenvalue weighted by molar-refractivity contribution is 0.0638. The van der Waals surface area contributed by atoms with Crippen LogP contribution in [0.15, 0.2) is 54.6 Å². The number of piperazine rings is 1. The highest BCUT2D eigenvalue weighted by Crippen LogP contribution is 2.15. The first-order valence-corrected chi connectivity index (χ1v) is 10.9. The van der Waals surface area contributed by atoms with E-state index in [1.54, 1.807) is 24.3 Å². The van der Waals surface area contributed by atoms with Crippen LogP contribution in [0.25, 0.3) is 0 Å². The first kappa shape index (κ1) is 19.4. The Labute approximate surface area is 160 Å². The molecule has 1 fully saturated rings. The molecule has 0 atom stereocenters. The molecule has 144 valence electrons. The molecule has 27 heavy (non-hydrogen) atoms. The standard InChI is InChI=1S/C20H25N3O3S/c1-27(25,26)21-19-9-5-8-18(16-19)20(24)23-14-12-22(13-15-23)11-10-17-6-3-2-4-7-17/h2-9,16,21H,10-15H2,1H3. The largest absolute Gasteiger partial charge is 0.336 e. The van der Waals surface area contributed by atoms with Gasteiger partial charge in [0.1, 0.15) is 0 Å². The molecular weight excluding hydrogens is 362 g/mol. The number of hydrogen-bond donors (Lipinski definition) is 1. The van der Waals surface area contributed by atoms with Gasteiger partial charge >= 0.3 is 0 Å². The summed E-state index contributed by atoms with van der Waals surface area (Å²) in [4.78, 5) is 16.9. The maximum absolute atomic E-state index is 12.7. The highest BCUT2D eigenvalue weighted by atomic mass is 32.2. The van der Waals surface area contributed by atoms with Crippen molar-refractivity contribution in [3.63, 3.8) is 0 Å². The molecule has 2 aromatic rings. The molecule has 1 N–H and O–H groups in total. The number of carbonyl (C=O) groups excluding carboxylic acids is 1. The lowest BCUT2D eigenvalue weighted by Gasteiger charge is -2.34. The normalized spacial score (nSPS) is 15.5. The van der Waals surface area contributed by atoms with Crippen molar-refractivity contribution in [2.75, 3.05) is 43.7 Å². The molecule has 0 saturated carbocycles. The van der Waals surface area contributed by atoms with E-state index in [0.29, 0.717) is 24.3 Å². The molecule has 7 heteroatoms. The summed E-state index contributed by atoms with van der Waals surface area (Å²) in [6, 6.07) is 17.0. The number of sulfonamides is 1. The van der Waals surface area contributed by atoms with Crippen molar-refractivity contribution in [3.8, 4) is 0 Å². The van der Waals surface area contributed by atoms with Gasteiger partial charge in [-0.05, 0) is 30.2 Å². The van der Waals surface area contributed by atoms with Gasteiger partial charge in [-0.1, -0.05) is 36.4 Å². The first-order valence-electron chi connectivity index (χ1n) is 9.04. The molecule has 0 aliphatic carbocycles. The van der Waals surface area contributed by atoms with Gasteiger partial charge in [0.05, 0.1) is 6.26 Å². The maximum atomic E-state index is 12.7. The van der Waals surface area contributed by atoms with Gasteiger partial charge in [0.2, 0.25) is 10.0 Å². The summed E-state index contributed by atoms with van der Waals surface area (Å²) in [5, 5.41) is 0. The predicted octanol–water partition coefficient (Wildman–Crippen LogP) is 2.06. The molecule has 1 saturated heterocycles. The fourth-order valence-electron chi connectivity index (χ4n) is 3.22. The third-order valence-electron chi connectivity index (χ3n) is 4.63. The van der Waals surface area contributed by atoms with Crippen LogP contribution in [0, 0.1) is 0 Å². The zero-order chi connectivity index (χ0) is 19.3. The average Bonchev–Trinajstić information content (AvgIpc) is 2.66. The van der Waals surface area contributed by atoms with E-state index in [9.17, 15) is 13.2 Å². The first-order chi connectivity index (χ1) is 12.9.